The second-order valence-corrected chi connectivity index (χ2v) is 8.06. The smallest absolute Gasteiger partial charge is 0.195 e. The molecule has 1 fully saturated rings. The van der Waals surface area contributed by atoms with Crippen molar-refractivity contribution in [2.24, 2.45) is 5.92 Å². The van der Waals surface area contributed by atoms with Crippen molar-refractivity contribution in [1.29, 1.82) is 0 Å². The van der Waals surface area contributed by atoms with Gasteiger partial charge >= 0.3 is 0 Å². The zero-order valence-corrected chi connectivity index (χ0v) is 13.8. The highest BCUT2D eigenvalue weighted by atomic mass is 79.9. The third-order valence-electron chi connectivity index (χ3n) is 3.53. The van der Waals surface area contributed by atoms with Gasteiger partial charge in [0.05, 0.1) is 33.2 Å². The van der Waals surface area contributed by atoms with Gasteiger partial charge in [-0.05, 0) is 25.0 Å². The summed E-state index contributed by atoms with van der Waals surface area (Å²) in [6.07, 6.45) is 3.11. The highest BCUT2D eigenvalue weighted by Crippen LogP contribution is 2.43. The molecule has 1 saturated carbocycles. The van der Waals surface area contributed by atoms with Crippen LogP contribution in [0.3, 0.4) is 0 Å². The SMILES string of the molecule is CS(=O)(=O)c1ccccc1C(=O)C1=C(C2CC2)ON(Br)C1. The Balaban J connectivity index is 2.05. The molecule has 0 bridgehead atoms. The molecule has 2 aliphatic rings. The number of allylic oxidation sites excluding steroid dienone is 1. The number of carbonyl (C=O) groups is 1. The van der Waals surface area contributed by atoms with Crippen molar-refractivity contribution in [2.45, 2.75) is 17.7 Å². The molecule has 1 heterocycles. The maximum atomic E-state index is 12.8. The third-order valence-corrected chi connectivity index (χ3v) is 5.08. The van der Waals surface area contributed by atoms with Gasteiger partial charge in [0, 0.05) is 17.7 Å². The highest BCUT2D eigenvalue weighted by Gasteiger charge is 2.39. The maximum absolute atomic E-state index is 12.8. The van der Waals surface area contributed by atoms with Crippen LogP contribution in [-0.2, 0) is 14.7 Å². The van der Waals surface area contributed by atoms with Crippen LogP contribution in [-0.4, -0.2) is 31.1 Å². The summed E-state index contributed by atoms with van der Waals surface area (Å²) in [5.41, 5.74) is 0.741. The molecule has 0 N–H and O–H groups in total. The first-order chi connectivity index (χ1) is 9.88. The summed E-state index contributed by atoms with van der Waals surface area (Å²) in [4.78, 5) is 18.3. The normalized spacial score (nSPS) is 19.7. The van der Waals surface area contributed by atoms with Crippen molar-refractivity contribution in [3.63, 3.8) is 0 Å². The summed E-state index contributed by atoms with van der Waals surface area (Å²) >= 11 is 3.21. The molecule has 0 saturated heterocycles. The first-order valence-electron chi connectivity index (χ1n) is 6.56. The Morgan fingerprint density at radius 3 is 2.62 bits per heavy atom. The Morgan fingerprint density at radius 2 is 2.00 bits per heavy atom. The third kappa shape index (κ3) is 2.90. The number of halogens is 1. The number of sulfone groups is 1. The van der Waals surface area contributed by atoms with Crippen LogP contribution >= 0.6 is 16.1 Å². The number of hydrogen-bond acceptors (Lipinski definition) is 5. The van der Waals surface area contributed by atoms with E-state index in [9.17, 15) is 13.2 Å². The topological polar surface area (TPSA) is 63.7 Å². The van der Waals surface area contributed by atoms with E-state index in [1.165, 1.54) is 10.2 Å². The second kappa shape index (κ2) is 5.23. The fourth-order valence-corrected chi connectivity index (χ4v) is 3.68. The van der Waals surface area contributed by atoms with E-state index in [2.05, 4.69) is 16.1 Å². The van der Waals surface area contributed by atoms with Crippen molar-refractivity contribution < 1.29 is 18.0 Å². The van der Waals surface area contributed by atoms with Gasteiger partial charge in [0.2, 0.25) is 0 Å². The predicted octanol–water partition coefficient (Wildman–Crippen LogP) is 2.49. The number of rotatable bonds is 4. The molecule has 112 valence electrons. The lowest BCUT2D eigenvalue weighted by Gasteiger charge is -2.07. The number of benzene rings is 1. The van der Waals surface area contributed by atoms with Crippen LogP contribution in [0.1, 0.15) is 23.2 Å². The van der Waals surface area contributed by atoms with E-state index in [4.69, 9.17) is 4.84 Å². The van der Waals surface area contributed by atoms with Gasteiger partial charge in [-0.2, -0.15) is 0 Å². The maximum Gasteiger partial charge on any atom is 0.195 e. The van der Waals surface area contributed by atoms with Crippen molar-refractivity contribution in [3.05, 3.63) is 41.2 Å². The molecule has 0 spiro atoms. The summed E-state index contributed by atoms with van der Waals surface area (Å²) in [5.74, 6) is 0.664. The molecule has 0 radical (unpaired) electrons. The zero-order chi connectivity index (χ0) is 15.2. The minimum Gasteiger partial charge on any atom is -0.398 e. The summed E-state index contributed by atoms with van der Waals surface area (Å²) in [6.45, 7) is 0.308. The molecule has 3 rings (SSSR count). The van der Waals surface area contributed by atoms with E-state index in [-0.39, 0.29) is 22.2 Å². The number of carbonyl (C=O) groups excluding carboxylic acids is 1. The first kappa shape index (κ1) is 14.7. The Bertz CT molecular complexity index is 737. The largest absolute Gasteiger partial charge is 0.398 e. The number of hydrogen-bond donors (Lipinski definition) is 0. The molecule has 1 aliphatic heterocycles. The minimum atomic E-state index is -3.45. The van der Waals surface area contributed by atoms with Crippen LogP contribution in [0.5, 0.6) is 0 Å². The Hall–Kier alpha value is -1.18. The average Bonchev–Trinajstić information content (AvgIpc) is 3.20. The summed E-state index contributed by atoms with van der Waals surface area (Å²) in [7, 11) is -3.45. The van der Waals surface area contributed by atoms with Gasteiger partial charge in [-0.15, -0.1) is 0 Å². The quantitative estimate of drug-likeness (QED) is 0.600. The minimum absolute atomic E-state index is 0.0608. The lowest BCUT2D eigenvalue weighted by molar-refractivity contribution is 0.00929. The summed E-state index contributed by atoms with van der Waals surface area (Å²) in [5, 5.41) is 0. The van der Waals surface area contributed by atoms with E-state index < -0.39 is 9.84 Å². The van der Waals surface area contributed by atoms with Gasteiger partial charge in [0.15, 0.2) is 15.6 Å². The van der Waals surface area contributed by atoms with Crippen LogP contribution < -0.4 is 0 Å². The van der Waals surface area contributed by atoms with Crippen molar-refractivity contribution in [2.75, 3.05) is 12.8 Å². The van der Waals surface area contributed by atoms with Crippen molar-refractivity contribution >= 4 is 31.8 Å². The van der Waals surface area contributed by atoms with Crippen LogP contribution in [0.15, 0.2) is 40.5 Å². The Kier molecular flexibility index (Phi) is 3.67. The fraction of sp³-hybridized carbons (Fsp3) is 0.357. The predicted molar refractivity (Wildman–Crippen MR) is 80.4 cm³/mol. The van der Waals surface area contributed by atoms with Crippen LogP contribution in [0.25, 0.3) is 0 Å². The number of Topliss-reactive ketones (excluding diaryl/α,β-unsaturated/α-hetero) is 1. The lowest BCUT2D eigenvalue weighted by atomic mass is 10.0. The van der Waals surface area contributed by atoms with Gasteiger partial charge in [-0.1, -0.05) is 16.2 Å². The first-order valence-corrected chi connectivity index (χ1v) is 9.16. The molecule has 0 aromatic heterocycles. The van der Waals surface area contributed by atoms with Gasteiger partial charge in [0.25, 0.3) is 0 Å². The number of ketones is 1. The fourth-order valence-electron chi connectivity index (χ4n) is 2.39. The van der Waals surface area contributed by atoms with Gasteiger partial charge in [0.1, 0.15) is 5.76 Å². The molecule has 7 heteroatoms. The number of nitrogens with zero attached hydrogens (tertiary/aromatic N) is 1. The molecule has 1 aliphatic carbocycles. The molecule has 5 nitrogen and oxygen atoms in total. The Morgan fingerprint density at radius 1 is 1.33 bits per heavy atom. The van der Waals surface area contributed by atoms with Crippen LogP contribution in [0.2, 0.25) is 0 Å². The van der Waals surface area contributed by atoms with Crippen molar-refractivity contribution in [1.82, 2.24) is 4.09 Å². The van der Waals surface area contributed by atoms with Gasteiger partial charge in [-0.3, -0.25) is 4.79 Å². The summed E-state index contributed by atoms with van der Waals surface area (Å²) < 4.78 is 25.1. The highest BCUT2D eigenvalue weighted by molar-refractivity contribution is 9.07. The lowest BCUT2D eigenvalue weighted by Crippen LogP contribution is -2.14. The second-order valence-electron chi connectivity index (χ2n) is 5.28. The average molecular weight is 372 g/mol. The monoisotopic (exact) mass is 371 g/mol. The summed E-state index contributed by atoms with van der Waals surface area (Å²) in [6, 6.07) is 6.29. The van der Waals surface area contributed by atoms with E-state index >= 15 is 0 Å². The number of hydroxylamine groups is 1. The van der Waals surface area contributed by atoms with Gasteiger partial charge in [-0.25, -0.2) is 8.42 Å². The van der Waals surface area contributed by atoms with E-state index in [1.807, 2.05) is 0 Å². The van der Waals surface area contributed by atoms with Crippen molar-refractivity contribution in [3.8, 4) is 0 Å². The molecule has 21 heavy (non-hydrogen) atoms. The van der Waals surface area contributed by atoms with E-state index in [0.29, 0.717) is 17.9 Å². The standard InChI is InChI=1S/C14H14BrNO4S/c1-21(18,19)12-5-3-2-4-10(12)13(17)11-8-16(15)20-14(11)9-6-7-9/h2-5,9H,6-8H2,1H3. The zero-order valence-electron chi connectivity index (χ0n) is 11.4. The molecule has 0 unspecified atom stereocenters. The Labute approximate surface area is 131 Å². The molecule has 1 aromatic rings. The molecule has 1 aromatic carbocycles. The van der Waals surface area contributed by atoms with E-state index in [0.717, 1.165) is 19.1 Å². The van der Waals surface area contributed by atoms with Crippen LogP contribution in [0.4, 0.5) is 0 Å². The molecular formula is C14H14BrNO4S. The molecule has 0 atom stereocenters. The molecular weight excluding hydrogens is 358 g/mol. The van der Waals surface area contributed by atoms with Crippen LogP contribution in [0, 0.1) is 5.92 Å². The van der Waals surface area contributed by atoms with E-state index in [1.54, 1.807) is 18.2 Å². The van der Waals surface area contributed by atoms with Gasteiger partial charge < -0.3 is 4.84 Å². The molecule has 0 amide bonds.